The van der Waals surface area contributed by atoms with Gasteiger partial charge < -0.3 is 14.2 Å². The van der Waals surface area contributed by atoms with Crippen LogP contribution in [0, 0.1) is 0 Å². The van der Waals surface area contributed by atoms with Crippen LogP contribution in [0.1, 0.15) is 35.8 Å². The summed E-state index contributed by atoms with van der Waals surface area (Å²) in [5, 5.41) is 0. The smallest absolute Gasteiger partial charge is 0.270 e. The van der Waals surface area contributed by atoms with Crippen LogP contribution in [0.2, 0.25) is 0 Å². The fraction of sp³-hybridized carbons (Fsp3) is 0.615. The van der Waals surface area contributed by atoms with Crippen molar-refractivity contribution in [1.82, 2.24) is 9.47 Å². The number of hydrogen-bond acceptors (Lipinski definition) is 4. The molecule has 0 unspecified atom stereocenters. The zero-order valence-corrected chi connectivity index (χ0v) is 13.7. The van der Waals surface area contributed by atoms with Gasteiger partial charge >= 0.3 is 0 Å². The monoisotopic (exact) mass is 334 g/mol. The fourth-order valence-electron chi connectivity index (χ4n) is 2.16. The highest BCUT2D eigenvalue weighted by atomic mass is 35.7. The quantitative estimate of drug-likeness (QED) is 0.564. The van der Waals surface area contributed by atoms with Crippen LogP contribution in [-0.4, -0.2) is 51.1 Å². The minimum Gasteiger partial charge on any atom is -0.385 e. The van der Waals surface area contributed by atoms with Crippen LogP contribution < -0.4 is 0 Å². The average Bonchev–Trinajstić information content (AvgIpc) is 3.15. The molecule has 1 saturated carbocycles. The van der Waals surface area contributed by atoms with Crippen LogP contribution >= 0.6 is 10.7 Å². The second kappa shape index (κ2) is 6.37. The number of halogens is 1. The zero-order chi connectivity index (χ0) is 15.6. The molecule has 118 valence electrons. The van der Waals surface area contributed by atoms with Crippen molar-refractivity contribution in [2.45, 2.75) is 30.2 Å². The van der Waals surface area contributed by atoms with E-state index in [0.717, 1.165) is 19.3 Å². The first-order valence-electron chi connectivity index (χ1n) is 6.75. The molecule has 1 amide bonds. The standard InChI is InChI=1S/C13H19ClN2O4S/c1-15(6-3-7-20-2)13(17)12-8-11(21(14,18)19)9-16(12)10-4-5-10/h8-10H,3-7H2,1-2H3. The molecule has 0 aromatic carbocycles. The molecule has 1 aromatic heterocycles. The Morgan fingerprint density at radius 2 is 2.19 bits per heavy atom. The van der Waals surface area contributed by atoms with Gasteiger partial charge in [0.25, 0.3) is 15.0 Å². The predicted octanol–water partition coefficient (Wildman–Crippen LogP) is 1.86. The second-order valence-corrected chi connectivity index (χ2v) is 7.78. The summed E-state index contributed by atoms with van der Waals surface area (Å²) < 4.78 is 29.6. The Hall–Kier alpha value is -1.05. The summed E-state index contributed by atoms with van der Waals surface area (Å²) in [7, 11) is 4.84. The van der Waals surface area contributed by atoms with Gasteiger partial charge in [-0.1, -0.05) is 0 Å². The topological polar surface area (TPSA) is 68.6 Å². The van der Waals surface area contributed by atoms with Crippen LogP contribution in [0.3, 0.4) is 0 Å². The van der Waals surface area contributed by atoms with E-state index in [1.54, 1.807) is 23.6 Å². The molecule has 0 aliphatic heterocycles. The molecule has 8 heteroatoms. The Bertz CT molecular complexity index is 622. The lowest BCUT2D eigenvalue weighted by Gasteiger charge is -2.18. The van der Waals surface area contributed by atoms with Crippen molar-refractivity contribution < 1.29 is 17.9 Å². The van der Waals surface area contributed by atoms with Crippen molar-refractivity contribution >= 4 is 25.6 Å². The molecule has 0 N–H and O–H groups in total. The number of rotatable bonds is 7. The molecule has 1 heterocycles. The third-order valence-corrected chi connectivity index (χ3v) is 4.77. The molecule has 1 aromatic rings. The maximum absolute atomic E-state index is 12.5. The van der Waals surface area contributed by atoms with Crippen LogP contribution in [0.5, 0.6) is 0 Å². The first-order chi connectivity index (χ1) is 9.84. The van der Waals surface area contributed by atoms with E-state index in [0.29, 0.717) is 18.8 Å². The molecular formula is C13H19ClN2O4S. The molecule has 0 saturated heterocycles. The summed E-state index contributed by atoms with van der Waals surface area (Å²) in [5.41, 5.74) is 0.372. The van der Waals surface area contributed by atoms with Crippen molar-refractivity contribution in [2.24, 2.45) is 0 Å². The maximum atomic E-state index is 12.5. The van der Waals surface area contributed by atoms with Gasteiger partial charge in [-0.2, -0.15) is 0 Å². The van der Waals surface area contributed by atoms with Gasteiger partial charge in [0, 0.05) is 50.2 Å². The largest absolute Gasteiger partial charge is 0.385 e. The van der Waals surface area contributed by atoms with Gasteiger partial charge in [-0.3, -0.25) is 4.79 Å². The third-order valence-electron chi connectivity index (χ3n) is 3.45. The van der Waals surface area contributed by atoms with Gasteiger partial charge in [0.05, 0.1) is 0 Å². The summed E-state index contributed by atoms with van der Waals surface area (Å²) in [6.07, 6.45) is 4.08. The Balaban J connectivity index is 2.21. The summed E-state index contributed by atoms with van der Waals surface area (Å²) >= 11 is 0. The summed E-state index contributed by atoms with van der Waals surface area (Å²) in [6, 6.07) is 1.55. The molecule has 1 aliphatic carbocycles. The molecule has 1 fully saturated rings. The van der Waals surface area contributed by atoms with Crippen LogP contribution in [0.25, 0.3) is 0 Å². The highest BCUT2D eigenvalue weighted by Crippen LogP contribution is 2.38. The fourth-order valence-corrected chi connectivity index (χ4v) is 2.90. The van der Waals surface area contributed by atoms with E-state index in [4.69, 9.17) is 15.4 Å². The highest BCUT2D eigenvalue weighted by Gasteiger charge is 2.30. The number of amides is 1. The lowest BCUT2D eigenvalue weighted by molar-refractivity contribution is 0.0768. The van der Waals surface area contributed by atoms with Crippen LogP contribution in [0.4, 0.5) is 0 Å². The third kappa shape index (κ3) is 3.99. The maximum Gasteiger partial charge on any atom is 0.270 e. The predicted molar refractivity (Wildman–Crippen MR) is 79.2 cm³/mol. The lowest BCUT2D eigenvalue weighted by Crippen LogP contribution is -2.30. The van der Waals surface area contributed by atoms with Gasteiger partial charge in [-0.05, 0) is 25.3 Å². The number of hydrogen-bond donors (Lipinski definition) is 0. The van der Waals surface area contributed by atoms with Gasteiger partial charge in [-0.15, -0.1) is 0 Å². The van der Waals surface area contributed by atoms with Crippen molar-refractivity contribution in [1.29, 1.82) is 0 Å². The molecule has 1 aliphatic rings. The molecular weight excluding hydrogens is 316 g/mol. The molecule has 2 rings (SSSR count). The van der Waals surface area contributed by atoms with E-state index in [1.807, 2.05) is 0 Å². The number of carbonyl (C=O) groups is 1. The molecule has 21 heavy (non-hydrogen) atoms. The SMILES string of the molecule is COCCCN(C)C(=O)c1cc(S(=O)(=O)Cl)cn1C1CC1. The number of aromatic nitrogens is 1. The number of ether oxygens (including phenoxy) is 1. The van der Waals surface area contributed by atoms with E-state index in [9.17, 15) is 13.2 Å². The van der Waals surface area contributed by atoms with E-state index >= 15 is 0 Å². The molecule has 0 atom stereocenters. The molecule has 0 spiro atoms. The average molecular weight is 335 g/mol. The Kier molecular flexibility index (Phi) is 4.95. The summed E-state index contributed by atoms with van der Waals surface area (Å²) in [5.74, 6) is -0.204. The lowest BCUT2D eigenvalue weighted by atomic mass is 10.3. The van der Waals surface area contributed by atoms with Crippen molar-refractivity contribution in [3.05, 3.63) is 18.0 Å². The Labute approximate surface area is 129 Å². The van der Waals surface area contributed by atoms with Gasteiger partial charge in [0.15, 0.2) is 0 Å². The minimum atomic E-state index is -3.83. The van der Waals surface area contributed by atoms with Gasteiger partial charge in [-0.25, -0.2) is 8.42 Å². The van der Waals surface area contributed by atoms with Gasteiger partial charge in [0.1, 0.15) is 10.6 Å². The molecule has 0 bridgehead atoms. The van der Waals surface area contributed by atoms with Crippen molar-refractivity contribution in [2.75, 3.05) is 27.3 Å². The second-order valence-electron chi connectivity index (χ2n) is 5.21. The van der Waals surface area contributed by atoms with Crippen LogP contribution in [-0.2, 0) is 13.8 Å². The van der Waals surface area contributed by atoms with Crippen LogP contribution in [0.15, 0.2) is 17.2 Å². The van der Waals surface area contributed by atoms with Crippen molar-refractivity contribution in [3.8, 4) is 0 Å². The van der Waals surface area contributed by atoms with E-state index in [2.05, 4.69) is 0 Å². The molecule has 6 nitrogen and oxygen atoms in total. The Morgan fingerprint density at radius 3 is 2.71 bits per heavy atom. The van der Waals surface area contributed by atoms with Crippen molar-refractivity contribution in [3.63, 3.8) is 0 Å². The summed E-state index contributed by atoms with van der Waals surface area (Å²) in [4.78, 5) is 14.0. The summed E-state index contributed by atoms with van der Waals surface area (Å²) in [6.45, 7) is 1.12. The van der Waals surface area contributed by atoms with Gasteiger partial charge in [0.2, 0.25) is 0 Å². The van der Waals surface area contributed by atoms with E-state index in [-0.39, 0.29) is 16.8 Å². The molecule has 0 radical (unpaired) electrons. The first-order valence-corrected chi connectivity index (χ1v) is 9.06. The Morgan fingerprint density at radius 1 is 1.52 bits per heavy atom. The number of nitrogens with zero attached hydrogens (tertiary/aromatic N) is 2. The normalized spacial score (nSPS) is 15.2. The van der Waals surface area contributed by atoms with E-state index in [1.165, 1.54) is 12.3 Å². The minimum absolute atomic E-state index is 0.0234. The number of methoxy groups -OCH3 is 1. The highest BCUT2D eigenvalue weighted by molar-refractivity contribution is 8.13. The first kappa shape index (κ1) is 16.3. The zero-order valence-electron chi connectivity index (χ0n) is 12.1. The number of carbonyl (C=O) groups excluding carboxylic acids is 1. The van der Waals surface area contributed by atoms with E-state index < -0.39 is 9.05 Å².